The molecule has 0 aliphatic heterocycles. The number of hydrogen-bond donors (Lipinski definition) is 2. The smallest absolute Gasteiger partial charge is 0.106 e. The molecule has 0 aromatic heterocycles. The molecular formula is C26H42O2. The van der Waals surface area contributed by atoms with Gasteiger partial charge in [-0.1, -0.05) is 95.2 Å². The van der Waals surface area contributed by atoms with Crippen LogP contribution in [0.1, 0.15) is 94.2 Å². The molecule has 2 nitrogen and oxygen atoms in total. The predicted molar refractivity (Wildman–Crippen MR) is 121 cm³/mol. The first kappa shape index (κ1) is 23.2. The van der Waals surface area contributed by atoms with Gasteiger partial charge in [-0.2, -0.15) is 0 Å². The summed E-state index contributed by atoms with van der Waals surface area (Å²) in [6.45, 7) is 26.2. The second kappa shape index (κ2) is 6.71. The highest BCUT2D eigenvalue weighted by atomic mass is 16.3. The van der Waals surface area contributed by atoms with Crippen molar-refractivity contribution in [1.82, 2.24) is 0 Å². The molecule has 1 aliphatic rings. The maximum absolute atomic E-state index is 11.3. The average molecular weight is 387 g/mol. The van der Waals surface area contributed by atoms with Gasteiger partial charge in [-0.15, -0.1) is 0 Å². The number of hydrogen-bond acceptors (Lipinski definition) is 2. The molecule has 2 atom stereocenters. The molecule has 2 rings (SSSR count). The molecule has 1 aromatic rings. The molecule has 0 amide bonds. The molecule has 0 fully saturated rings. The van der Waals surface area contributed by atoms with Crippen LogP contribution in [-0.4, -0.2) is 22.4 Å². The quantitative estimate of drug-likeness (QED) is 0.693. The van der Waals surface area contributed by atoms with E-state index in [2.05, 4.69) is 95.2 Å². The van der Waals surface area contributed by atoms with Crippen LogP contribution < -0.4 is 10.4 Å². The maximum Gasteiger partial charge on any atom is 0.106 e. The largest absolute Gasteiger partial charge is 0.386 e. The van der Waals surface area contributed by atoms with Gasteiger partial charge in [0.2, 0.25) is 0 Å². The van der Waals surface area contributed by atoms with E-state index in [4.69, 9.17) is 0 Å². The van der Waals surface area contributed by atoms with E-state index in [1.807, 2.05) is 0 Å². The highest BCUT2D eigenvalue weighted by Gasteiger charge is 2.41. The monoisotopic (exact) mass is 386 g/mol. The van der Waals surface area contributed by atoms with E-state index < -0.39 is 12.2 Å². The lowest BCUT2D eigenvalue weighted by molar-refractivity contribution is 0.0744. The van der Waals surface area contributed by atoms with Crippen LogP contribution in [0.25, 0.3) is 11.1 Å². The lowest BCUT2D eigenvalue weighted by atomic mass is 9.66. The van der Waals surface area contributed by atoms with Gasteiger partial charge in [0.05, 0.1) is 0 Å². The molecule has 2 unspecified atom stereocenters. The summed E-state index contributed by atoms with van der Waals surface area (Å²) in [6.07, 6.45) is -1.78. The van der Waals surface area contributed by atoms with Gasteiger partial charge in [0.25, 0.3) is 0 Å². The van der Waals surface area contributed by atoms with Crippen molar-refractivity contribution in [2.24, 2.45) is 10.8 Å². The molecule has 28 heavy (non-hydrogen) atoms. The Kier molecular flexibility index (Phi) is 5.55. The van der Waals surface area contributed by atoms with Crippen LogP contribution in [0.5, 0.6) is 0 Å². The summed E-state index contributed by atoms with van der Waals surface area (Å²) >= 11 is 0. The first-order valence-corrected chi connectivity index (χ1v) is 10.6. The summed E-state index contributed by atoms with van der Waals surface area (Å²) in [5.74, 6) is 0. The van der Waals surface area contributed by atoms with E-state index in [1.165, 1.54) is 11.1 Å². The summed E-state index contributed by atoms with van der Waals surface area (Å²) in [6, 6.07) is 4.49. The van der Waals surface area contributed by atoms with E-state index in [1.54, 1.807) is 0 Å². The zero-order chi connectivity index (χ0) is 22.0. The Morgan fingerprint density at radius 3 is 0.929 bits per heavy atom. The minimum atomic E-state index is -0.891. The van der Waals surface area contributed by atoms with Crippen LogP contribution >= 0.6 is 0 Å². The third kappa shape index (κ3) is 3.96. The summed E-state index contributed by atoms with van der Waals surface area (Å²) in [5, 5.41) is 25.0. The average Bonchev–Trinajstić information content (AvgIpc) is 2.42. The fraction of sp³-hybridized carbons (Fsp3) is 0.692. The van der Waals surface area contributed by atoms with E-state index in [0.717, 1.165) is 21.6 Å². The maximum atomic E-state index is 11.3. The van der Waals surface area contributed by atoms with E-state index in [-0.39, 0.29) is 21.7 Å². The number of fused-ring (bicyclic) bond motifs is 1. The Morgan fingerprint density at radius 2 is 0.750 bits per heavy atom. The van der Waals surface area contributed by atoms with Crippen molar-refractivity contribution in [3.05, 3.63) is 33.7 Å². The molecule has 0 radical (unpaired) electrons. The number of aliphatic hydroxyl groups is 2. The van der Waals surface area contributed by atoms with Crippen LogP contribution in [-0.2, 0) is 10.8 Å². The summed E-state index contributed by atoms with van der Waals surface area (Å²) < 4.78 is 0. The van der Waals surface area contributed by atoms with Crippen molar-refractivity contribution in [2.45, 2.75) is 106 Å². The first-order chi connectivity index (χ1) is 12.3. The summed E-state index contributed by atoms with van der Waals surface area (Å²) in [5.41, 5.74) is 3.76. The van der Waals surface area contributed by atoms with Gasteiger partial charge in [0.1, 0.15) is 12.2 Å². The van der Waals surface area contributed by atoms with Gasteiger partial charge < -0.3 is 10.2 Å². The fourth-order valence-corrected chi connectivity index (χ4v) is 4.66. The lowest BCUT2D eigenvalue weighted by Gasteiger charge is -2.41. The van der Waals surface area contributed by atoms with Gasteiger partial charge in [-0.25, -0.2) is 0 Å². The number of rotatable bonds is 0. The lowest BCUT2D eigenvalue weighted by Crippen LogP contribution is -2.55. The Bertz CT molecular complexity index is 800. The van der Waals surface area contributed by atoms with Crippen LogP contribution in [0.3, 0.4) is 0 Å². The van der Waals surface area contributed by atoms with Crippen LogP contribution in [0, 0.1) is 10.8 Å². The third-order valence-electron chi connectivity index (χ3n) is 5.87. The molecular weight excluding hydrogens is 344 g/mol. The summed E-state index contributed by atoms with van der Waals surface area (Å²) in [7, 11) is 0. The zero-order valence-corrected chi connectivity index (χ0v) is 20.2. The van der Waals surface area contributed by atoms with E-state index in [9.17, 15) is 10.2 Å². The van der Waals surface area contributed by atoms with Crippen molar-refractivity contribution in [1.29, 1.82) is 0 Å². The van der Waals surface area contributed by atoms with Crippen molar-refractivity contribution >= 4 is 11.1 Å². The minimum Gasteiger partial charge on any atom is -0.386 e. The molecule has 0 saturated carbocycles. The molecule has 0 saturated heterocycles. The first-order valence-electron chi connectivity index (χ1n) is 10.6. The second-order valence-electron chi connectivity index (χ2n) is 12.6. The van der Waals surface area contributed by atoms with Crippen molar-refractivity contribution in [2.75, 3.05) is 0 Å². The number of benzene rings is 1. The van der Waals surface area contributed by atoms with Crippen molar-refractivity contribution < 1.29 is 10.2 Å². The molecule has 0 heterocycles. The molecule has 158 valence electrons. The standard InChI is InChI=1S/C26H42O2/c1-23(2,3)15-13-14-16(24(4,5)6)18-17(15)19(25(7,8)9)21(27)22(28)20(18)26(10,11)12/h13-14,21-22,27-28H,1-12H3. The molecule has 0 bridgehead atoms. The van der Waals surface area contributed by atoms with E-state index >= 15 is 0 Å². The van der Waals surface area contributed by atoms with Gasteiger partial charge >= 0.3 is 0 Å². The van der Waals surface area contributed by atoms with Crippen LogP contribution in [0.4, 0.5) is 0 Å². The second-order valence-corrected chi connectivity index (χ2v) is 12.6. The van der Waals surface area contributed by atoms with Crippen LogP contribution in [0.15, 0.2) is 12.1 Å². The third-order valence-corrected chi connectivity index (χ3v) is 5.87. The van der Waals surface area contributed by atoms with Gasteiger partial charge in [0, 0.05) is 0 Å². The van der Waals surface area contributed by atoms with Gasteiger partial charge in [-0.3, -0.25) is 0 Å². The fourth-order valence-electron chi connectivity index (χ4n) is 4.66. The Morgan fingerprint density at radius 1 is 0.500 bits per heavy atom. The molecule has 0 spiro atoms. The molecule has 1 aliphatic carbocycles. The normalized spacial score (nSPS) is 21.8. The van der Waals surface area contributed by atoms with Crippen LogP contribution in [0.2, 0.25) is 0 Å². The molecule has 2 N–H and O–H groups in total. The Hall–Kier alpha value is -1.12. The Labute approximate surface area is 172 Å². The van der Waals surface area contributed by atoms with Crippen molar-refractivity contribution in [3.8, 4) is 0 Å². The highest BCUT2D eigenvalue weighted by molar-refractivity contribution is 5.71. The summed E-state index contributed by atoms with van der Waals surface area (Å²) in [4.78, 5) is 0. The highest BCUT2D eigenvalue weighted by Crippen LogP contribution is 2.39. The van der Waals surface area contributed by atoms with Crippen molar-refractivity contribution in [3.63, 3.8) is 0 Å². The topological polar surface area (TPSA) is 40.5 Å². The van der Waals surface area contributed by atoms with Gasteiger partial charge in [0.15, 0.2) is 0 Å². The minimum absolute atomic E-state index is 0.0675. The molecule has 1 aromatic carbocycles. The van der Waals surface area contributed by atoms with E-state index in [0.29, 0.717) is 0 Å². The number of aliphatic hydroxyl groups excluding tert-OH is 2. The molecule has 2 heteroatoms. The predicted octanol–water partition coefficient (Wildman–Crippen LogP) is 4.41. The SMILES string of the molecule is CC(C)(C)C1=c2c(C(C)(C)C)ccc(C(C)(C)C)c2=C(C(C)(C)C)C(O)C1O. The Balaban J connectivity index is 3.42. The van der Waals surface area contributed by atoms with Gasteiger partial charge in [-0.05, 0) is 54.4 Å². The zero-order valence-electron chi connectivity index (χ0n) is 20.2.